The molecule has 0 amide bonds. The van der Waals surface area contributed by atoms with E-state index >= 15 is 0 Å². The van der Waals surface area contributed by atoms with E-state index in [-0.39, 0.29) is 53.9 Å². The molecule has 3 aromatic rings. The van der Waals surface area contributed by atoms with Gasteiger partial charge in [0.05, 0.1) is 7.11 Å². The molecule has 1 fully saturated rings. The van der Waals surface area contributed by atoms with E-state index in [1.165, 1.54) is 57.6 Å². The number of rotatable bonds is 21. The summed E-state index contributed by atoms with van der Waals surface area (Å²) in [5.74, 6) is -0.882. The molecule has 5 heterocycles. The monoisotopic (exact) mass is 909 g/mol. The second kappa shape index (κ2) is 23.6. The normalized spacial score (nSPS) is 21.5. The number of allylic oxidation sites excluding steroid dienone is 3. The molecule has 352 valence electrons. The van der Waals surface area contributed by atoms with Crippen LogP contribution in [0.1, 0.15) is 192 Å². The molecule has 0 saturated carbocycles. The summed E-state index contributed by atoms with van der Waals surface area (Å²) in [5.41, 5.74) is 9.60. The van der Waals surface area contributed by atoms with Crippen molar-refractivity contribution in [3.8, 4) is 0 Å². The van der Waals surface area contributed by atoms with Gasteiger partial charge in [-0.1, -0.05) is 145 Å². The molecule has 3 aromatic heterocycles. The maximum absolute atomic E-state index is 14.4. The molecule has 0 N–H and O–H groups in total. The molecule has 8 bridgehead atoms. The van der Waals surface area contributed by atoms with Crippen LogP contribution in [0.25, 0.3) is 29.1 Å². The van der Waals surface area contributed by atoms with Crippen LogP contribution >= 0.6 is 0 Å². The number of aldehydes is 1. The average Bonchev–Trinajstić information content (AvgIpc) is 4.02. The first-order valence-electron chi connectivity index (χ1n) is 24.4. The number of ether oxygens (including phenoxy) is 2. The zero-order chi connectivity index (χ0) is 47.1. The molecule has 1 aliphatic carbocycles. The van der Waals surface area contributed by atoms with Gasteiger partial charge in [0.1, 0.15) is 18.8 Å². The van der Waals surface area contributed by atoms with Crippen LogP contribution < -0.4 is 25.7 Å². The van der Waals surface area contributed by atoms with Gasteiger partial charge in [0.2, 0.25) is 0 Å². The molecule has 11 heteroatoms. The van der Waals surface area contributed by atoms with Crippen molar-refractivity contribution in [2.24, 2.45) is 35.5 Å². The van der Waals surface area contributed by atoms with Crippen molar-refractivity contribution in [1.29, 1.82) is 0 Å². The molecule has 0 unspecified atom stereocenters. The second-order valence-electron chi connectivity index (χ2n) is 19.5. The van der Waals surface area contributed by atoms with Crippen molar-refractivity contribution in [3.05, 3.63) is 95.2 Å². The van der Waals surface area contributed by atoms with Gasteiger partial charge >= 0.3 is 35.0 Å². The summed E-state index contributed by atoms with van der Waals surface area (Å²) in [5, 5.41) is 6.35. The molecule has 6 rings (SSSR count). The number of Topliss-reactive ketones (excluding diaryl/α,β-unsaturated/α-hetero) is 1. The summed E-state index contributed by atoms with van der Waals surface area (Å²) in [6.45, 7) is 21.7. The topological polar surface area (TPSA) is 143 Å². The van der Waals surface area contributed by atoms with Gasteiger partial charge in [-0.25, -0.2) is 0 Å². The van der Waals surface area contributed by atoms with Gasteiger partial charge in [0, 0.05) is 17.5 Å². The smallest absolute Gasteiger partial charge is 0.664 e. The number of carbonyl (C=O) groups is 4. The average molecular weight is 910 g/mol. The van der Waals surface area contributed by atoms with Gasteiger partial charge in [-0.15, -0.1) is 33.5 Å². The van der Waals surface area contributed by atoms with Gasteiger partial charge in [0.25, 0.3) is 0 Å². The van der Waals surface area contributed by atoms with Crippen LogP contribution in [-0.4, -0.2) is 60.8 Å². The number of aromatic nitrogens is 3. The van der Waals surface area contributed by atoms with Crippen molar-refractivity contribution in [2.75, 3.05) is 13.7 Å². The minimum atomic E-state index is -1.25. The third-order valence-electron chi connectivity index (χ3n) is 14.3. The van der Waals surface area contributed by atoms with Crippen molar-refractivity contribution < 1.29 is 28.7 Å². The predicted octanol–water partition coefficient (Wildman–Crippen LogP) is 9.79. The molecule has 66 heavy (non-hydrogen) atoms. The van der Waals surface area contributed by atoms with Gasteiger partial charge in [-0.2, -0.15) is 11.4 Å². The molecule has 0 aromatic carbocycles. The van der Waals surface area contributed by atoms with Crippen LogP contribution in [0.5, 0.6) is 0 Å². The number of ketones is 1. The fraction of sp³-hybridized carbons (Fsp3) is 0.564. The van der Waals surface area contributed by atoms with Crippen molar-refractivity contribution in [3.63, 3.8) is 0 Å². The van der Waals surface area contributed by atoms with Gasteiger partial charge < -0.3 is 29.7 Å². The van der Waals surface area contributed by atoms with Crippen molar-refractivity contribution in [2.45, 2.75) is 153 Å². The second-order valence-corrected chi connectivity index (χ2v) is 19.5. The maximum Gasteiger partial charge on any atom is 2.00 e. The Kier molecular flexibility index (Phi) is 18.8. The first-order chi connectivity index (χ1) is 31.1. The van der Waals surface area contributed by atoms with Gasteiger partial charge in [-0.05, 0) is 88.5 Å². The summed E-state index contributed by atoms with van der Waals surface area (Å²) < 4.78 is 11.0. The fourth-order valence-electron chi connectivity index (χ4n) is 10.3. The van der Waals surface area contributed by atoms with Crippen LogP contribution in [0.3, 0.4) is 0 Å². The van der Waals surface area contributed by atoms with Gasteiger partial charge in [-0.3, -0.25) is 19.2 Å². The first-order valence-corrected chi connectivity index (χ1v) is 24.4. The molecule has 10 nitrogen and oxygen atoms in total. The molecular formula is C55H72MgN4O6-2. The molecule has 0 radical (unpaired) electrons. The summed E-state index contributed by atoms with van der Waals surface area (Å²) in [7, 11) is 1.28. The standard InChI is InChI=1S/C55H73N4O6.Mg/c1-12-38-35(8)42-27-43-36(9)40(23-24-48(61)65-26-25-34(7)22-16-21-33(6)20-15-19-32(5)18-14-17-31(3)4)52(58-43)50-51(55(63)64-11)54(62)49-37(10)44(59-53(49)50)28-46-39(13-2)41(30-60)47(57-46)29-45(38)56-42;/h25,27-33,36,40,51H,12-24,26H2,1-11H3,(H-,58,59,60,62);/q-3;+2/p-1/b34-25+,43-27-,47-29-;/t32-,33+,36+,40+,51-;/m1./s1. The quantitative estimate of drug-likeness (QED) is 0.0336. The first kappa shape index (κ1) is 52.6. The van der Waals surface area contributed by atoms with E-state index in [1.54, 1.807) is 0 Å². The Morgan fingerprint density at radius 2 is 1.44 bits per heavy atom. The number of esters is 2. The van der Waals surface area contributed by atoms with E-state index in [1.807, 2.05) is 45.1 Å². The number of hydrogen-bond acceptors (Lipinski definition) is 6. The SMILES string of the molecule is CCc1c2[n-]c(c1C)/C=C1\[N-]/C(=C3\c4[n-]c(c(C)c4C(=O)[C@@H]3C(=O)OC)/C=c3\[n-]/c(c(C=O)c3CC)=C\2)[C@@H](CCC(=O)OC/C=C(\C)CCC[C@@H](C)CCC[C@H](C)CCCC(C)C)[C@@H]1C.[Mg+2]. The van der Waals surface area contributed by atoms with Crippen LogP contribution in [0.2, 0.25) is 0 Å². The molecule has 3 aliphatic rings. The van der Waals surface area contributed by atoms with Crippen molar-refractivity contribution in [1.82, 2.24) is 15.0 Å². The zero-order valence-corrected chi connectivity index (χ0v) is 43.1. The third kappa shape index (κ3) is 11.7. The summed E-state index contributed by atoms with van der Waals surface area (Å²) in [6.07, 6.45) is 21.6. The Balaban J connectivity index is 0.00000817. The predicted molar refractivity (Wildman–Crippen MR) is 264 cm³/mol. The molecule has 1 saturated heterocycles. The van der Waals surface area contributed by atoms with E-state index in [0.717, 1.165) is 64.7 Å². The van der Waals surface area contributed by atoms with Crippen LogP contribution in [0.15, 0.2) is 23.0 Å². The number of carbonyl (C=O) groups excluding carboxylic acids is 4. The Morgan fingerprint density at radius 1 is 0.803 bits per heavy atom. The largest absolute Gasteiger partial charge is 2.00 e. The Bertz CT molecular complexity index is 2480. The number of methoxy groups -OCH3 is 1. The Morgan fingerprint density at radius 3 is 2.08 bits per heavy atom. The summed E-state index contributed by atoms with van der Waals surface area (Å²) in [6, 6.07) is 0. The van der Waals surface area contributed by atoms with E-state index < -0.39 is 17.7 Å². The van der Waals surface area contributed by atoms with Crippen LogP contribution in [0.4, 0.5) is 0 Å². The molecule has 5 atom stereocenters. The molecular weight excluding hydrogens is 837 g/mol. The van der Waals surface area contributed by atoms with E-state index in [2.05, 4.69) is 48.5 Å². The van der Waals surface area contributed by atoms with E-state index in [9.17, 15) is 19.2 Å². The number of nitrogens with zero attached hydrogens (tertiary/aromatic N) is 4. The third-order valence-corrected chi connectivity index (χ3v) is 14.3. The summed E-state index contributed by atoms with van der Waals surface area (Å²) >= 11 is 0. The van der Waals surface area contributed by atoms with Crippen molar-refractivity contribution >= 4 is 70.9 Å². The van der Waals surface area contributed by atoms with Gasteiger partial charge in [0.15, 0.2) is 5.78 Å². The molecule has 2 aliphatic heterocycles. The maximum atomic E-state index is 14.4. The van der Waals surface area contributed by atoms with Crippen LogP contribution in [0, 0.1) is 49.4 Å². The zero-order valence-electron chi connectivity index (χ0n) is 41.7. The number of fused-ring (bicyclic) bond motifs is 7. The summed E-state index contributed by atoms with van der Waals surface area (Å²) in [4.78, 5) is 69.0. The minimum absolute atomic E-state index is 0. The van der Waals surface area contributed by atoms with Crippen LogP contribution in [-0.2, 0) is 31.9 Å². The Hall–Kier alpha value is -4.35. The van der Waals surface area contributed by atoms with E-state index in [0.29, 0.717) is 75.2 Å². The Labute approximate surface area is 409 Å². The van der Waals surface area contributed by atoms with E-state index in [4.69, 9.17) is 29.7 Å². The minimum Gasteiger partial charge on any atom is -0.664 e. The fourth-order valence-corrected chi connectivity index (χ4v) is 10.3. The molecule has 0 spiro atoms. The number of hydrogen-bond donors (Lipinski definition) is 0.